The van der Waals surface area contributed by atoms with Gasteiger partial charge in [-0.15, -0.1) is 0 Å². The number of nitrogens with zero attached hydrogens (tertiary/aromatic N) is 1. The molecule has 1 unspecified atom stereocenters. The normalized spacial score (nSPS) is 19.0. The van der Waals surface area contributed by atoms with Gasteiger partial charge in [-0.2, -0.15) is 13.2 Å². The number of alkyl halides is 3. The summed E-state index contributed by atoms with van der Waals surface area (Å²) in [6.45, 7) is -0.207. The van der Waals surface area contributed by atoms with Crippen LogP contribution in [0.25, 0.3) is 0 Å². The van der Waals surface area contributed by atoms with Crippen LogP contribution in [0.2, 0.25) is 0 Å². The molecule has 0 saturated carbocycles. The Kier molecular flexibility index (Phi) is 4.93. The van der Waals surface area contributed by atoms with Crippen LogP contribution in [0.1, 0.15) is 6.42 Å². The highest BCUT2D eigenvalue weighted by molar-refractivity contribution is 7.81. The van der Waals surface area contributed by atoms with E-state index in [0.717, 1.165) is 4.90 Å². The van der Waals surface area contributed by atoms with E-state index in [1.807, 2.05) is 0 Å². The maximum absolute atomic E-state index is 12.6. The Morgan fingerprint density at radius 3 is 2.57 bits per heavy atom. The third-order valence-corrected chi connectivity index (χ3v) is 3.74. The van der Waals surface area contributed by atoms with Crippen LogP contribution >= 0.6 is 12.2 Å². The third kappa shape index (κ3) is 4.22. The SMILES string of the molecule is CN1CC(CC(F)(F)F)C(O)=C(C(=S)Nc2ccccc2)C1=O. The Morgan fingerprint density at radius 1 is 1.39 bits per heavy atom. The molecule has 1 aromatic carbocycles. The molecule has 2 N–H and O–H groups in total. The molecule has 124 valence electrons. The highest BCUT2D eigenvalue weighted by Crippen LogP contribution is 2.33. The molecule has 1 aromatic rings. The molecule has 23 heavy (non-hydrogen) atoms. The number of amides is 1. The fraction of sp³-hybridized carbons (Fsp3) is 0.333. The molecule has 0 aromatic heterocycles. The summed E-state index contributed by atoms with van der Waals surface area (Å²) < 4.78 is 37.9. The van der Waals surface area contributed by atoms with Crippen molar-refractivity contribution in [3.8, 4) is 0 Å². The first-order chi connectivity index (χ1) is 10.7. The molecule has 1 aliphatic heterocycles. The smallest absolute Gasteiger partial charge is 0.389 e. The van der Waals surface area contributed by atoms with E-state index in [9.17, 15) is 23.1 Å². The Labute approximate surface area is 136 Å². The highest BCUT2D eigenvalue weighted by Gasteiger charge is 2.40. The molecule has 1 atom stereocenters. The van der Waals surface area contributed by atoms with Crippen LogP contribution < -0.4 is 5.32 Å². The fourth-order valence-corrected chi connectivity index (χ4v) is 2.68. The van der Waals surface area contributed by atoms with Crippen molar-refractivity contribution in [2.24, 2.45) is 5.92 Å². The largest absolute Gasteiger partial charge is 0.511 e. The van der Waals surface area contributed by atoms with Crippen LogP contribution in [-0.4, -0.2) is 40.7 Å². The van der Waals surface area contributed by atoms with Crippen LogP contribution in [0.3, 0.4) is 0 Å². The number of carbonyl (C=O) groups excluding carboxylic acids is 1. The molecular weight excluding hydrogens is 329 g/mol. The number of nitrogens with one attached hydrogen (secondary N) is 1. The molecule has 0 fully saturated rings. The summed E-state index contributed by atoms with van der Waals surface area (Å²) in [5, 5.41) is 12.9. The highest BCUT2D eigenvalue weighted by atomic mass is 32.1. The lowest BCUT2D eigenvalue weighted by molar-refractivity contribution is -0.149. The van der Waals surface area contributed by atoms with E-state index in [0.29, 0.717) is 5.69 Å². The lowest BCUT2D eigenvalue weighted by atomic mass is 9.93. The molecule has 1 aliphatic rings. The average Bonchev–Trinajstić information content (AvgIpc) is 2.44. The van der Waals surface area contributed by atoms with Gasteiger partial charge in [-0.25, -0.2) is 0 Å². The molecule has 1 heterocycles. The third-order valence-electron chi connectivity index (χ3n) is 3.43. The maximum atomic E-state index is 12.6. The lowest BCUT2D eigenvalue weighted by Gasteiger charge is -2.32. The van der Waals surface area contributed by atoms with Gasteiger partial charge in [0.15, 0.2) is 0 Å². The molecule has 8 heteroatoms. The number of likely N-dealkylation sites (N-methyl/N-ethyl adjacent to an activating group) is 1. The summed E-state index contributed by atoms with van der Waals surface area (Å²) in [6, 6.07) is 8.63. The van der Waals surface area contributed by atoms with E-state index in [1.165, 1.54) is 7.05 Å². The Hall–Kier alpha value is -2.09. The summed E-state index contributed by atoms with van der Waals surface area (Å²) >= 11 is 5.10. The van der Waals surface area contributed by atoms with Crippen molar-refractivity contribution in [3.63, 3.8) is 0 Å². The molecule has 2 rings (SSSR count). The van der Waals surface area contributed by atoms with Gasteiger partial charge in [0.25, 0.3) is 5.91 Å². The van der Waals surface area contributed by atoms with E-state index in [2.05, 4.69) is 5.32 Å². The van der Waals surface area contributed by atoms with Crippen molar-refractivity contribution in [1.82, 2.24) is 4.90 Å². The molecule has 0 saturated heterocycles. The van der Waals surface area contributed by atoms with Crippen LogP contribution in [-0.2, 0) is 4.79 Å². The molecule has 0 radical (unpaired) electrons. The second-order valence-corrected chi connectivity index (χ2v) is 5.69. The maximum Gasteiger partial charge on any atom is 0.389 e. The quantitative estimate of drug-likeness (QED) is 0.827. The van der Waals surface area contributed by atoms with Gasteiger partial charge in [0, 0.05) is 25.2 Å². The number of aliphatic hydroxyl groups excluding tert-OH is 1. The second kappa shape index (κ2) is 6.57. The van der Waals surface area contributed by atoms with Gasteiger partial charge < -0.3 is 15.3 Å². The fourth-order valence-electron chi connectivity index (χ4n) is 2.37. The predicted molar refractivity (Wildman–Crippen MR) is 84.1 cm³/mol. The number of carbonyl (C=O) groups is 1. The zero-order chi connectivity index (χ0) is 17.2. The molecular formula is C15H15F3N2O2S. The summed E-state index contributed by atoms with van der Waals surface area (Å²) in [7, 11) is 1.38. The van der Waals surface area contributed by atoms with Gasteiger partial charge in [0.05, 0.1) is 6.42 Å². The Bertz CT molecular complexity index is 644. The number of halogens is 3. The van der Waals surface area contributed by atoms with Crippen LogP contribution in [0.4, 0.5) is 18.9 Å². The lowest BCUT2D eigenvalue weighted by Crippen LogP contribution is -2.43. The van der Waals surface area contributed by atoms with Crippen molar-refractivity contribution >= 4 is 28.8 Å². The Balaban J connectivity index is 2.29. The first-order valence-electron chi connectivity index (χ1n) is 6.81. The van der Waals surface area contributed by atoms with Gasteiger partial charge in [-0.05, 0) is 12.1 Å². The Morgan fingerprint density at radius 2 is 2.00 bits per heavy atom. The number of para-hydroxylation sites is 1. The van der Waals surface area contributed by atoms with E-state index < -0.39 is 30.2 Å². The van der Waals surface area contributed by atoms with Gasteiger partial charge in [-0.3, -0.25) is 4.79 Å². The van der Waals surface area contributed by atoms with E-state index in [1.54, 1.807) is 30.3 Å². The van der Waals surface area contributed by atoms with Crippen LogP contribution in [0.5, 0.6) is 0 Å². The number of anilines is 1. The summed E-state index contributed by atoms with van der Waals surface area (Å²) in [5.74, 6) is -2.43. The average molecular weight is 344 g/mol. The number of aliphatic hydroxyl groups is 1. The number of thiocarbonyl (C=S) groups is 1. The number of hydrogen-bond acceptors (Lipinski definition) is 3. The minimum Gasteiger partial charge on any atom is -0.511 e. The minimum absolute atomic E-state index is 0.0996. The van der Waals surface area contributed by atoms with Gasteiger partial charge in [0.1, 0.15) is 16.3 Å². The summed E-state index contributed by atoms with van der Waals surface area (Å²) in [6.07, 6.45) is -5.66. The van der Waals surface area contributed by atoms with Crippen LogP contribution in [0, 0.1) is 5.92 Å². The van der Waals surface area contributed by atoms with Crippen molar-refractivity contribution in [2.45, 2.75) is 12.6 Å². The topological polar surface area (TPSA) is 52.6 Å². The molecule has 4 nitrogen and oxygen atoms in total. The number of benzene rings is 1. The zero-order valence-corrected chi connectivity index (χ0v) is 13.0. The van der Waals surface area contributed by atoms with Crippen molar-refractivity contribution in [2.75, 3.05) is 18.9 Å². The van der Waals surface area contributed by atoms with Crippen molar-refractivity contribution in [3.05, 3.63) is 41.7 Å². The summed E-state index contributed by atoms with van der Waals surface area (Å²) in [4.78, 5) is 13.2. The molecule has 1 amide bonds. The van der Waals surface area contributed by atoms with Crippen molar-refractivity contribution in [1.29, 1.82) is 0 Å². The monoisotopic (exact) mass is 344 g/mol. The second-order valence-electron chi connectivity index (χ2n) is 5.28. The first kappa shape index (κ1) is 17.3. The van der Waals surface area contributed by atoms with E-state index >= 15 is 0 Å². The summed E-state index contributed by atoms with van der Waals surface area (Å²) in [5.41, 5.74) is 0.290. The van der Waals surface area contributed by atoms with E-state index in [-0.39, 0.29) is 17.1 Å². The zero-order valence-electron chi connectivity index (χ0n) is 12.2. The van der Waals surface area contributed by atoms with Gasteiger partial charge in [-0.1, -0.05) is 30.4 Å². The first-order valence-corrected chi connectivity index (χ1v) is 7.21. The van der Waals surface area contributed by atoms with E-state index in [4.69, 9.17) is 12.2 Å². The minimum atomic E-state index is -4.44. The molecule has 0 spiro atoms. The molecule has 0 bridgehead atoms. The van der Waals surface area contributed by atoms with Crippen molar-refractivity contribution < 1.29 is 23.1 Å². The van der Waals surface area contributed by atoms with Crippen LogP contribution in [0.15, 0.2) is 41.7 Å². The number of hydrogen-bond donors (Lipinski definition) is 2. The number of rotatable bonds is 3. The molecule has 0 aliphatic carbocycles. The van der Waals surface area contributed by atoms with Gasteiger partial charge in [0.2, 0.25) is 0 Å². The van der Waals surface area contributed by atoms with Gasteiger partial charge >= 0.3 is 6.18 Å². The standard InChI is InChI=1S/C15H15F3N2O2S/c1-20-8-9(7-15(16,17)18)12(21)11(14(20)22)13(23)19-10-5-3-2-4-6-10/h2-6,9,21H,7-8H2,1H3,(H,19,23). The predicted octanol–water partition coefficient (Wildman–Crippen LogP) is 3.28.